The minimum absolute atomic E-state index is 0.0353. The first kappa shape index (κ1) is 20.7. The molecule has 1 aromatic rings. The molecule has 1 unspecified atom stereocenters. The number of carbonyl (C=O) groups is 3. The molecule has 0 aromatic carbocycles. The van der Waals surface area contributed by atoms with Gasteiger partial charge in [0.2, 0.25) is 0 Å². The van der Waals surface area contributed by atoms with Gasteiger partial charge in [0.1, 0.15) is 12.4 Å². The molecule has 1 rings (SSSR count). The monoisotopic (exact) mass is 353 g/mol. The molecule has 0 radical (unpaired) electrons. The van der Waals surface area contributed by atoms with Gasteiger partial charge >= 0.3 is 11.9 Å². The van der Waals surface area contributed by atoms with Crippen LogP contribution in [0.5, 0.6) is 0 Å². The molecule has 0 bridgehead atoms. The Hall–Kier alpha value is -2.32. The predicted molar refractivity (Wildman–Crippen MR) is 87.0 cm³/mol. The molecule has 0 amide bonds. The maximum atomic E-state index is 11.9. The number of pyridine rings is 1. The van der Waals surface area contributed by atoms with Crippen molar-refractivity contribution < 1.29 is 33.3 Å². The highest BCUT2D eigenvalue weighted by atomic mass is 16.6. The highest BCUT2D eigenvalue weighted by Crippen LogP contribution is 2.08. The number of esters is 2. The maximum absolute atomic E-state index is 11.9. The van der Waals surface area contributed by atoms with Crippen molar-refractivity contribution in [1.82, 2.24) is 4.98 Å². The molecule has 0 aliphatic rings. The van der Waals surface area contributed by atoms with Crippen molar-refractivity contribution in [1.29, 1.82) is 0 Å². The SMILES string of the molecule is COCCOCC(=O)OCC(COC(=O)c1cccnc1)CC(C)=O. The minimum Gasteiger partial charge on any atom is -0.464 e. The molecule has 0 spiro atoms. The topological polar surface area (TPSA) is 101 Å². The lowest BCUT2D eigenvalue weighted by molar-refractivity contribution is -0.151. The minimum atomic E-state index is -0.553. The number of hydrogen-bond acceptors (Lipinski definition) is 8. The molecule has 138 valence electrons. The van der Waals surface area contributed by atoms with E-state index in [0.29, 0.717) is 12.2 Å². The molecule has 1 heterocycles. The summed E-state index contributed by atoms with van der Waals surface area (Å²) in [6.07, 6.45) is 3.07. The number of Topliss-reactive ketones (excluding diaryl/α,β-unsaturated/α-hetero) is 1. The van der Waals surface area contributed by atoms with Gasteiger partial charge in [-0.05, 0) is 19.1 Å². The van der Waals surface area contributed by atoms with Crippen LogP contribution in [0.25, 0.3) is 0 Å². The average Bonchev–Trinajstić information content (AvgIpc) is 2.61. The Bertz CT molecular complexity index is 547. The van der Waals surface area contributed by atoms with Gasteiger partial charge in [0, 0.05) is 31.8 Å². The van der Waals surface area contributed by atoms with Gasteiger partial charge in [-0.2, -0.15) is 0 Å². The van der Waals surface area contributed by atoms with E-state index in [1.807, 2.05) is 0 Å². The van der Waals surface area contributed by atoms with Crippen molar-refractivity contribution in [2.24, 2.45) is 5.92 Å². The number of hydrogen-bond donors (Lipinski definition) is 0. The number of carbonyl (C=O) groups excluding carboxylic acids is 3. The smallest absolute Gasteiger partial charge is 0.339 e. The standard InChI is InChI=1S/C17H23NO7/c1-13(19)8-14(10-24-16(20)12-23-7-6-22-2)11-25-17(21)15-4-3-5-18-9-15/h3-5,9,14H,6-8,10-12H2,1-2H3. The molecule has 0 saturated heterocycles. The number of ether oxygens (including phenoxy) is 4. The number of ketones is 1. The summed E-state index contributed by atoms with van der Waals surface area (Å²) in [4.78, 5) is 38.6. The molecule has 1 aromatic heterocycles. The van der Waals surface area contributed by atoms with E-state index in [1.54, 1.807) is 18.3 Å². The lowest BCUT2D eigenvalue weighted by Gasteiger charge is -2.16. The van der Waals surface area contributed by atoms with E-state index in [-0.39, 0.29) is 38.6 Å². The van der Waals surface area contributed by atoms with E-state index in [1.165, 1.54) is 20.2 Å². The Kier molecular flexibility index (Phi) is 10.0. The van der Waals surface area contributed by atoms with Crippen LogP contribution in [-0.2, 0) is 28.5 Å². The largest absolute Gasteiger partial charge is 0.464 e. The van der Waals surface area contributed by atoms with Gasteiger partial charge in [-0.3, -0.25) is 4.98 Å². The third kappa shape index (κ3) is 9.53. The number of aromatic nitrogens is 1. The van der Waals surface area contributed by atoms with Gasteiger partial charge in [-0.25, -0.2) is 9.59 Å². The summed E-state index contributed by atoms with van der Waals surface area (Å²) >= 11 is 0. The molecule has 1 atom stereocenters. The molecular formula is C17H23NO7. The second-order valence-corrected chi connectivity index (χ2v) is 5.34. The van der Waals surface area contributed by atoms with E-state index >= 15 is 0 Å². The number of methoxy groups -OCH3 is 1. The summed E-state index contributed by atoms with van der Waals surface area (Å²) in [6.45, 7) is 1.81. The highest BCUT2D eigenvalue weighted by molar-refractivity contribution is 5.88. The zero-order valence-corrected chi connectivity index (χ0v) is 14.4. The molecule has 25 heavy (non-hydrogen) atoms. The van der Waals surface area contributed by atoms with Crippen LogP contribution in [0.15, 0.2) is 24.5 Å². The van der Waals surface area contributed by atoms with Crippen molar-refractivity contribution in [3.8, 4) is 0 Å². The third-order valence-electron chi connectivity index (χ3n) is 3.06. The molecule has 0 N–H and O–H groups in total. The van der Waals surface area contributed by atoms with Crippen LogP contribution >= 0.6 is 0 Å². The van der Waals surface area contributed by atoms with Crippen LogP contribution in [0.1, 0.15) is 23.7 Å². The molecule has 0 aliphatic heterocycles. The van der Waals surface area contributed by atoms with E-state index in [4.69, 9.17) is 18.9 Å². The first-order valence-corrected chi connectivity index (χ1v) is 7.81. The van der Waals surface area contributed by atoms with Gasteiger partial charge in [-0.15, -0.1) is 0 Å². The lowest BCUT2D eigenvalue weighted by Crippen LogP contribution is -2.24. The number of rotatable bonds is 12. The Morgan fingerprint density at radius 3 is 2.56 bits per heavy atom. The normalized spacial score (nSPS) is 11.6. The summed E-state index contributed by atoms with van der Waals surface area (Å²) in [5.41, 5.74) is 0.313. The maximum Gasteiger partial charge on any atom is 0.339 e. The molecule has 0 aliphatic carbocycles. The van der Waals surface area contributed by atoms with Crippen LogP contribution in [0, 0.1) is 5.92 Å². The van der Waals surface area contributed by atoms with Crippen LogP contribution in [-0.4, -0.2) is 62.9 Å². The highest BCUT2D eigenvalue weighted by Gasteiger charge is 2.18. The Morgan fingerprint density at radius 2 is 1.92 bits per heavy atom. The first-order chi connectivity index (χ1) is 12.0. The second-order valence-electron chi connectivity index (χ2n) is 5.34. The molecule has 8 nitrogen and oxygen atoms in total. The first-order valence-electron chi connectivity index (χ1n) is 7.81. The molecule has 8 heteroatoms. The van der Waals surface area contributed by atoms with Crippen molar-refractivity contribution in [2.45, 2.75) is 13.3 Å². The molecular weight excluding hydrogens is 330 g/mol. The van der Waals surface area contributed by atoms with Crippen molar-refractivity contribution in [3.63, 3.8) is 0 Å². The summed E-state index contributed by atoms with van der Waals surface area (Å²) in [5.74, 6) is -1.60. The predicted octanol–water partition coefficient (Wildman–Crippen LogP) is 1.04. The van der Waals surface area contributed by atoms with Crippen LogP contribution in [0.3, 0.4) is 0 Å². The van der Waals surface area contributed by atoms with Crippen LogP contribution in [0.2, 0.25) is 0 Å². The zero-order chi connectivity index (χ0) is 18.5. The van der Waals surface area contributed by atoms with Crippen molar-refractivity contribution in [2.75, 3.05) is 40.1 Å². The molecule has 0 fully saturated rings. The van der Waals surface area contributed by atoms with Crippen molar-refractivity contribution >= 4 is 17.7 Å². The van der Waals surface area contributed by atoms with Gasteiger partial charge < -0.3 is 23.7 Å². The summed E-state index contributed by atoms with van der Waals surface area (Å²) in [5, 5.41) is 0. The Morgan fingerprint density at radius 1 is 1.16 bits per heavy atom. The van der Waals surface area contributed by atoms with Gasteiger partial charge in [0.05, 0.1) is 32.0 Å². The third-order valence-corrected chi connectivity index (χ3v) is 3.06. The van der Waals surface area contributed by atoms with Crippen LogP contribution < -0.4 is 0 Å². The van der Waals surface area contributed by atoms with E-state index in [9.17, 15) is 14.4 Å². The fourth-order valence-corrected chi connectivity index (χ4v) is 1.88. The fraction of sp³-hybridized carbons (Fsp3) is 0.529. The number of nitrogens with zero attached hydrogens (tertiary/aromatic N) is 1. The fourth-order valence-electron chi connectivity index (χ4n) is 1.88. The lowest BCUT2D eigenvalue weighted by atomic mass is 10.1. The van der Waals surface area contributed by atoms with E-state index < -0.39 is 17.9 Å². The Labute approximate surface area is 146 Å². The Balaban J connectivity index is 2.39. The van der Waals surface area contributed by atoms with Gasteiger partial charge in [-0.1, -0.05) is 0 Å². The van der Waals surface area contributed by atoms with E-state index in [2.05, 4.69) is 4.98 Å². The summed E-state index contributed by atoms with van der Waals surface area (Å²) in [6, 6.07) is 3.20. The summed E-state index contributed by atoms with van der Waals surface area (Å²) < 4.78 is 20.1. The van der Waals surface area contributed by atoms with Gasteiger partial charge in [0.25, 0.3) is 0 Å². The average molecular weight is 353 g/mol. The zero-order valence-electron chi connectivity index (χ0n) is 14.4. The van der Waals surface area contributed by atoms with Crippen molar-refractivity contribution in [3.05, 3.63) is 30.1 Å². The summed E-state index contributed by atoms with van der Waals surface area (Å²) in [7, 11) is 1.53. The molecule has 0 saturated carbocycles. The quantitative estimate of drug-likeness (QED) is 0.406. The van der Waals surface area contributed by atoms with Gasteiger partial charge in [0.15, 0.2) is 0 Å². The van der Waals surface area contributed by atoms with E-state index in [0.717, 1.165) is 0 Å². The van der Waals surface area contributed by atoms with Crippen LogP contribution in [0.4, 0.5) is 0 Å². The second kappa shape index (κ2) is 12.1.